The average Bonchev–Trinajstić information content (AvgIpc) is 3.04. The number of methoxy groups -OCH3 is 1. The van der Waals surface area contributed by atoms with Crippen LogP contribution in [0.15, 0.2) is 53.7 Å². The van der Waals surface area contributed by atoms with Gasteiger partial charge in [0.15, 0.2) is 5.54 Å². The lowest BCUT2D eigenvalue weighted by molar-refractivity contribution is -0.118. The van der Waals surface area contributed by atoms with Crippen molar-refractivity contribution in [3.8, 4) is 11.5 Å². The fourth-order valence-electron chi connectivity index (χ4n) is 2.81. The highest BCUT2D eigenvalue weighted by molar-refractivity contribution is 8.15. The molecule has 28 heavy (non-hydrogen) atoms. The smallest absolute Gasteiger partial charge is 0.286 e. The lowest BCUT2D eigenvalue weighted by Gasteiger charge is -2.22. The van der Waals surface area contributed by atoms with Gasteiger partial charge in [0, 0.05) is 0 Å². The van der Waals surface area contributed by atoms with Crippen LogP contribution < -0.4 is 14.8 Å². The molecule has 1 fully saturated rings. The number of carbonyl (C=O) groups is 2. The number of ether oxygens (including phenoxy) is 2. The second-order valence-corrected chi connectivity index (χ2v) is 7.79. The summed E-state index contributed by atoms with van der Waals surface area (Å²) in [5.41, 5.74) is 0.553. The molecular formula is C20H20N2O5S. The molecule has 1 N–H and O–H groups in total. The minimum Gasteiger partial charge on any atom is -0.497 e. The van der Waals surface area contributed by atoms with Gasteiger partial charge in [-0.15, -0.1) is 4.91 Å². The summed E-state index contributed by atoms with van der Waals surface area (Å²) in [5.74, 6) is 0.964. The number of rotatable bonds is 8. The molecule has 0 aliphatic carbocycles. The van der Waals surface area contributed by atoms with Crippen molar-refractivity contribution < 1.29 is 19.1 Å². The second-order valence-electron chi connectivity index (χ2n) is 6.62. The van der Waals surface area contributed by atoms with E-state index in [1.54, 1.807) is 44.4 Å². The van der Waals surface area contributed by atoms with E-state index in [-0.39, 0.29) is 17.8 Å². The Labute approximate surface area is 166 Å². The first-order valence-corrected chi connectivity index (χ1v) is 9.54. The molecule has 2 aromatic carbocycles. The van der Waals surface area contributed by atoms with Crippen molar-refractivity contribution in [3.63, 3.8) is 0 Å². The van der Waals surface area contributed by atoms with Crippen molar-refractivity contribution in [2.24, 2.45) is 5.18 Å². The minimum atomic E-state index is -1.06. The van der Waals surface area contributed by atoms with Crippen molar-refractivity contribution in [1.82, 2.24) is 5.32 Å². The Morgan fingerprint density at radius 2 is 1.89 bits per heavy atom. The number of carbonyl (C=O) groups excluding carboxylic acids is 2. The van der Waals surface area contributed by atoms with Crippen LogP contribution in [0.5, 0.6) is 11.5 Å². The van der Waals surface area contributed by atoms with Gasteiger partial charge in [-0.25, -0.2) is 0 Å². The van der Waals surface area contributed by atoms with E-state index in [1.807, 2.05) is 18.2 Å². The number of nitroso groups, excluding NO2 is 1. The van der Waals surface area contributed by atoms with Gasteiger partial charge in [-0.05, 0) is 48.7 Å². The van der Waals surface area contributed by atoms with Crippen LogP contribution in [0.25, 0.3) is 0 Å². The molecule has 0 saturated carbocycles. The first-order valence-electron chi connectivity index (χ1n) is 8.66. The van der Waals surface area contributed by atoms with Gasteiger partial charge in [0.1, 0.15) is 18.1 Å². The molecule has 3 rings (SSSR count). The molecule has 2 amide bonds. The summed E-state index contributed by atoms with van der Waals surface area (Å²) < 4.78 is 11.0. The maximum Gasteiger partial charge on any atom is 0.286 e. The van der Waals surface area contributed by atoms with Crippen LogP contribution in [0.1, 0.15) is 18.1 Å². The normalized spacial score (nSPS) is 18.3. The zero-order chi connectivity index (χ0) is 20.1. The summed E-state index contributed by atoms with van der Waals surface area (Å²) in [4.78, 5) is 34.4. The molecule has 1 heterocycles. The third-order valence-corrected chi connectivity index (χ3v) is 5.51. The number of nitrogens with zero attached hydrogens (tertiary/aromatic N) is 1. The Hall–Kier alpha value is -2.87. The molecule has 0 bridgehead atoms. The second kappa shape index (κ2) is 8.43. The molecule has 1 aliphatic rings. The van der Waals surface area contributed by atoms with Gasteiger partial charge in [-0.2, -0.15) is 0 Å². The van der Waals surface area contributed by atoms with E-state index in [0.29, 0.717) is 23.5 Å². The maximum absolute atomic E-state index is 11.7. The van der Waals surface area contributed by atoms with E-state index in [0.717, 1.165) is 17.3 Å². The van der Waals surface area contributed by atoms with E-state index in [9.17, 15) is 14.5 Å². The Morgan fingerprint density at radius 3 is 2.50 bits per heavy atom. The van der Waals surface area contributed by atoms with Crippen LogP contribution in [-0.4, -0.2) is 30.1 Å². The predicted molar refractivity (Wildman–Crippen MR) is 107 cm³/mol. The number of imide groups is 1. The van der Waals surface area contributed by atoms with Crippen molar-refractivity contribution in [3.05, 3.63) is 64.6 Å². The molecule has 2 aromatic rings. The fourth-order valence-corrected chi connectivity index (χ4v) is 3.67. The maximum atomic E-state index is 11.7. The highest BCUT2D eigenvalue weighted by atomic mass is 32.2. The quantitative estimate of drug-likeness (QED) is 0.680. The molecule has 7 nitrogen and oxygen atoms in total. The van der Waals surface area contributed by atoms with E-state index < -0.39 is 10.8 Å². The number of benzene rings is 2. The molecule has 1 saturated heterocycles. The van der Waals surface area contributed by atoms with Crippen LogP contribution in [0.2, 0.25) is 0 Å². The Bertz CT molecular complexity index is 886. The van der Waals surface area contributed by atoms with Crippen LogP contribution in [0.3, 0.4) is 0 Å². The summed E-state index contributed by atoms with van der Waals surface area (Å²) in [7, 11) is 1.56. The number of thioether (sulfide) groups is 1. The highest BCUT2D eigenvalue weighted by Gasteiger charge is 2.32. The number of hydrogen-bond acceptors (Lipinski definition) is 7. The van der Waals surface area contributed by atoms with Crippen molar-refractivity contribution in [2.75, 3.05) is 13.7 Å². The molecule has 0 radical (unpaired) electrons. The molecule has 2 unspecified atom stereocenters. The standard InChI is InChI=1S/C20H20N2O5S/c1-20(22-25,14-4-3-5-16(11-14)26-2)12-27-15-8-6-13(7-9-15)10-17-18(23)21-19(24)28-17/h3-9,11,17H,10,12H2,1-2H3,(H,21,23,24). The number of hydrogen-bond donors (Lipinski definition) is 1. The minimum absolute atomic E-state index is 0.0679. The third-order valence-electron chi connectivity index (χ3n) is 4.52. The SMILES string of the molecule is COc1cccc(C(C)(COc2ccc(CC3SC(=O)NC3=O)cc2)N=O)c1. The topological polar surface area (TPSA) is 94.1 Å². The first-order chi connectivity index (χ1) is 13.4. The first kappa shape index (κ1) is 19.9. The Balaban J connectivity index is 1.64. The Kier molecular flexibility index (Phi) is 5.99. The lowest BCUT2D eigenvalue weighted by Crippen LogP contribution is -2.27. The van der Waals surface area contributed by atoms with Gasteiger partial charge in [0.05, 0.1) is 12.4 Å². The van der Waals surface area contributed by atoms with Gasteiger partial charge in [0.25, 0.3) is 5.24 Å². The van der Waals surface area contributed by atoms with Crippen LogP contribution >= 0.6 is 11.8 Å². The average molecular weight is 400 g/mol. The highest BCUT2D eigenvalue weighted by Crippen LogP contribution is 2.29. The summed E-state index contributed by atoms with van der Waals surface area (Å²) >= 11 is 1.00. The zero-order valence-electron chi connectivity index (χ0n) is 15.5. The molecule has 0 aromatic heterocycles. The molecular weight excluding hydrogens is 380 g/mol. The van der Waals surface area contributed by atoms with Gasteiger partial charge in [0.2, 0.25) is 5.91 Å². The van der Waals surface area contributed by atoms with Gasteiger partial charge in [-0.3, -0.25) is 14.9 Å². The van der Waals surface area contributed by atoms with Crippen LogP contribution in [0, 0.1) is 4.91 Å². The molecule has 1 aliphatic heterocycles. The number of amides is 2. The molecule has 146 valence electrons. The van der Waals surface area contributed by atoms with Gasteiger partial charge >= 0.3 is 0 Å². The largest absolute Gasteiger partial charge is 0.497 e. The summed E-state index contributed by atoms with van der Waals surface area (Å²) in [5, 5.41) is 4.83. The summed E-state index contributed by atoms with van der Waals surface area (Å²) in [6.45, 7) is 1.77. The molecule has 0 spiro atoms. The van der Waals surface area contributed by atoms with Gasteiger partial charge < -0.3 is 9.47 Å². The third kappa shape index (κ3) is 4.51. The van der Waals surface area contributed by atoms with E-state index in [4.69, 9.17) is 9.47 Å². The molecule has 8 heteroatoms. The summed E-state index contributed by atoms with van der Waals surface area (Å²) in [6, 6.07) is 14.4. The van der Waals surface area contributed by atoms with E-state index >= 15 is 0 Å². The lowest BCUT2D eigenvalue weighted by atomic mass is 9.94. The Morgan fingerprint density at radius 1 is 1.14 bits per heavy atom. The van der Waals surface area contributed by atoms with E-state index in [2.05, 4.69) is 10.5 Å². The number of nitrogens with one attached hydrogen (secondary N) is 1. The van der Waals surface area contributed by atoms with Crippen molar-refractivity contribution in [2.45, 2.75) is 24.1 Å². The zero-order valence-corrected chi connectivity index (χ0v) is 16.3. The van der Waals surface area contributed by atoms with Gasteiger partial charge in [-0.1, -0.05) is 41.2 Å². The van der Waals surface area contributed by atoms with Crippen molar-refractivity contribution in [1.29, 1.82) is 0 Å². The summed E-state index contributed by atoms with van der Waals surface area (Å²) in [6.07, 6.45) is 0.458. The van der Waals surface area contributed by atoms with Crippen LogP contribution in [0.4, 0.5) is 4.79 Å². The van der Waals surface area contributed by atoms with Crippen molar-refractivity contribution >= 4 is 22.9 Å². The fraction of sp³-hybridized carbons (Fsp3) is 0.300. The predicted octanol–water partition coefficient (Wildman–Crippen LogP) is 3.65. The van der Waals surface area contributed by atoms with Crippen LogP contribution in [-0.2, 0) is 16.8 Å². The molecule has 2 atom stereocenters. The monoisotopic (exact) mass is 400 g/mol. The van der Waals surface area contributed by atoms with E-state index in [1.165, 1.54) is 0 Å².